The first-order chi connectivity index (χ1) is 30.8. The molecule has 1 saturated heterocycles. The highest BCUT2D eigenvalue weighted by molar-refractivity contribution is 5.93. The number of phenols is 2. The van der Waals surface area contributed by atoms with Crippen LogP contribution in [0, 0.1) is 24.6 Å². The zero-order valence-electron chi connectivity index (χ0n) is 35.2. The second kappa shape index (κ2) is 14.3. The number of esters is 1. The molecule has 2 fully saturated rings. The molecule has 1 saturated carbocycles. The number of aryl methyl sites for hydroxylation is 2. The fraction of sp³-hybridized carbons (Fsp3) is 0.362. The number of phenolic OH excluding ortho intramolecular Hbond substituents is 2. The molecule has 2 aliphatic carbocycles. The highest BCUT2D eigenvalue weighted by Gasteiger charge is 2.58. The number of H-pyrrole nitrogens is 1. The van der Waals surface area contributed by atoms with Gasteiger partial charge in [0.15, 0.2) is 11.4 Å². The smallest absolute Gasteiger partial charge is 0.407 e. The third-order valence-electron chi connectivity index (χ3n) is 14.2. The number of amides is 1. The Hall–Kier alpha value is -6.85. The lowest BCUT2D eigenvalue weighted by molar-refractivity contribution is -0.172. The molecule has 6 aromatic rings. The molecular weight excluding hydrogens is 826 g/mol. The van der Waals surface area contributed by atoms with Crippen molar-refractivity contribution in [1.82, 2.24) is 34.5 Å². The lowest BCUT2D eigenvalue weighted by Gasteiger charge is -2.31. The van der Waals surface area contributed by atoms with Crippen molar-refractivity contribution in [2.75, 3.05) is 13.1 Å². The van der Waals surface area contributed by atoms with Gasteiger partial charge in [-0.05, 0) is 84.7 Å². The number of halogens is 1. The first kappa shape index (κ1) is 40.0. The number of hydrogen-bond donors (Lipinski definition) is 5. The van der Waals surface area contributed by atoms with Crippen LogP contribution in [0.2, 0.25) is 0 Å². The van der Waals surface area contributed by atoms with Crippen LogP contribution in [0.15, 0.2) is 58.1 Å². The fourth-order valence-electron chi connectivity index (χ4n) is 10.7. The standard InChI is InChI=1S/C47H44FN7O9/c1-4-23-12-26(37(57)15-36(23)56)42-51-52-45(60)55(42)24-8-6-22(7-9-24)16-53-17-27-28(18-53)41(27)64-46(61)50-33-11-10-25-21(3)32(48)14-34-38(25)39(33)29-19-54-35(40(29)49-34)13-31-30(43(54)58)20-63-44(59)47(31,62)5-2/h6-9,12-15,27-28,33,41,56-57,62H,4-5,10-11,16-20H2,1-3H3,(H,50,61)(H,52,60)/t27?,28?,33?,41?,47-/m0/s1. The van der Waals surface area contributed by atoms with Crippen molar-refractivity contribution in [2.45, 2.75) is 83.9 Å². The summed E-state index contributed by atoms with van der Waals surface area (Å²) in [5.41, 5.74) is 4.02. The average Bonchev–Trinajstić information content (AvgIpc) is 3.62. The van der Waals surface area contributed by atoms with Crippen molar-refractivity contribution in [3.05, 3.63) is 120 Å². The Labute approximate surface area is 363 Å². The normalized spacial score (nSPS) is 22.7. The van der Waals surface area contributed by atoms with E-state index < -0.39 is 40.8 Å². The van der Waals surface area contributed by atoms with Crippen molar-refractivity contribution in [1.29, 1.82) is 0 Å². The summed E-state index contributed by atoms with van der Waals surface area (Å²) in [6, 6.07) is 12.9. The molecule has 64 heavy (non-hydrogen) atoms. The average molecular weight is 870 g/mol. The van der Waals surface area contributed by atoms with Crippen molar-refractivity contribution in [3.8, 4) is 40.0 Å². The Morgan fingerprint density at radius 3 is 2.53 bits per heavy atom. The quantitative estimate of drug-likeness (QED) is 0.129. The first-order valence-corrected chi connectivity index (χ1v) is 21.6. The van der Waals surface area contributed by atoms with Gasteiger partial charge >= 0.3 is 17.8 Å². The highest BCUT2D eigenvalue weighted by Crippen LogP contribution is 2.49. The molecule has 6 heterocycles. The number of aromatic nitrogens is 5. The molecule has 5 aliphatic rings. The summed E-state index contributed by atoms with van der Waals surface area (Å²) >= 11 is 0. The molecule has 0 spiro atoms. The molecule has 17 heteroatoms. The summed E-state index contributed by atoms with van der Waals surface area (Å²) in [6.07, 6.45) is 0.683. The topological polar surface area (TPSA) is 214 Å². The van der Waals surface area contributed by atoms with E-state index in [4.69, 9.17) is 14.5 Å². The SMILES string of the molecule is CCc1cc(-c2n[nH]c(=O)n2-c2ccc(CN3CC4C(C3)C4OC(=O)NC3CCc4c(C)c(F)cc5nc6c(c3c45)Cn3c-6cc4c(c3=O)COC(=O)[C@]4(O)CC)cc2)c(O)cc1O. The molecule has 3 aliphatic heterocycles. The summed E-state index contributed by atoms with van der Waals surface area (Å²) in [7, 11) is 0. The Bertz CT molecular complexity index is 3130. The monoisotopic (exact) mass is 869 g/mol. The van der Waals surface area contributed by atoms with E-state index in [9.17, 15) is 34.5 Å². The lowest BCUT2D eigenvalue weighted by Crippen LogP contribution is -2.44. The zero-order valence-corrected chi connectivity index (χ0v) is 35.2. The number of fused-ring (bicyclic) bond motifs is 6. The summed E-state index contributed by atoms with van der Waals surface area (Å²) in [5, 5.41) is 42.7. The molecule has 3 aromatic carbocycles. The van der Waals surface area contributed by atoms with Gasteiger partial charge in [-0.15, -0.1) is 0 Å². The number of likely N-dealkylation sites (tertiary alicyclic amines) is 1. The van der Waals surface area contributed by atoms with E-state index in [0.29, 0.717) is 70.7 Å². The van der Waals surface area contributed by atoms with E-state index in [-0.39, 0.29) is 66.0 Å². The van der Waals surface area contributed by atoms with Crippen LogP contribution < -0.4 is 16.6 Å². The molecule has 3 aromatic heterocycles. The fourth-order valence-corrected chi connectivity index (χ4v) is 10.7. The molecule has 11 rings (SSSR count). The number of pyridine rings is 2. The number of piperidine rings is 1. The van der Waals surface area contributed by atoms with Gasteiger partial charge in [0.2, 0.25) is 0 Å². The van der Waals surface area contributed by atoms with Crippen molar-refractivity contribution >= 4 is 23.0 Å². The van der Waals surface area contributed by atoms with Crippen LogP contribution in [0.1, 0.15) is 77.2 Å². The molecule has 0 radical (unpaired) electrons. The summed E-state index contributed by atoms with van der Waals surface area (Å²) < 4.78 is 29.6. The molecule has 1 amide bonds. The Morgan fingerprint density at radius 1 is 1.03 bits per heavy atom. The van der Waals surface area contributed by atoms with Crippen molar-refractivity contribution in [3.63, 3.8) is 0 Å². The van der Waals surface area contributed by atoms with E-state index in [1.165, 1.54) is 16.7 Å². The molecule has 16 nitrogen and oxygen atoms in total. The van der Waals surface area contributed by atoms with Crippen molar-refractivity contribution in [2.24, 2.45) is 11.8 Å². The van der Waals surface area contributed by atoms with Crippen LogP contribution in [-0.4, -0.2) is 75.8 Å². The van der Waals surface area contributed by atoms with E-state index in [1.54, 1.807) is 30.5 Å². The van der Waals surface area contributed by atoms with Gasteiger partial charge < -0.3 is 34.7 Å². The number of alkyl carbamates (subject to hydrolysis) is 1. The van der Waals surface area contributed by atoms with Crippen LogP contribution in [0.3, 0.4) is 0 Å². The maximum atomic E-state index is 15.4. The van der Waals surface area contributed by atoms with Gasteiger partial charge in [0.1, 0.15) is 30.0 Å². The number of nitrogens with one attached hydrogen (secondary N) is 2. The molecular formula is C47H44FN7O9. The Balaban J connectivity index is 0.791. The Morgan fingerprint density at radius 2 is 1.80 bits per heavy atom. The third-order valence-corrected chi connectivity index (χ3v) is 14.2. The summed E-state index contributed by atoms with van der Waals surface area (Å²) in [4.78, 5) is 60.5. The number of aromatic hydroxyl groups is 2. The van der Waals surface area contributed by atoms with E-state index >= 15 is 4.39 Å². The number of aromatic amines is 1. The lowest BCUT2D eigenvalue weighted by atomic mass is 9.81. The van der Waals surface area contributed by atoms with E-state index in [0.717, 1.165) is 35.2 Å². The Kier molecular flexibility index (Phi) is 8.95. The minimum atomic E-state index is -2.00. The number of nitrogens with zero attached hydrogens (tertiary/aromatic N) is 5. The van der Waals surface area contributed by atoms with Crippen LogP contribution in [-0.2, 0) is 52.4 Å². The van der Waals surface area contributed by atoms with E-state index in [2.05, 4.69) is 20.4 Å². The maximum Gasteiger partial charge on any atom is 0.407 e. The maximum absolute atomic E-state index is 15.4. The zero-order chi connectivity index (χ0) is 44.5. The third kappa shape index (κ3) is 5.93. The molecule has 0 bridgehead atoms. The molecule has 4 atom stereocenters. The number of benzene rings is 3. The summed E-state index contributed by atoms with van der Waals surface area (Å²) in [5.74, 6) is -0.892. The largest absolute Gasteiger partial charge is 0.508 e. The molecule has 3 unspecified atom stereocenters. The second-order valence-corrected chi connectivity index (χ2v) is 17.6. The van der Waals surface area contributed by atoms with Gasteiger partial charge in [0.05, 0.1) is 46.3 Å². The van der Waals surface area contributed by atoms with Crippen LogP contribution in [0.25, 0.3) is 39.4 Å². The number of carbonyl (C=O) groups excluding carboxylic acids is 2. The van der Waals surface area contributed by atoms with Gasteiger partial charge in [-0.25, -0.2) is 33.4 Å². The number of cyclic esters (lactones) is 1. The van der Waals surface area contributed by atoms with Crippen molar-refractivity contribution < 1.29 is 38.8 Å². The number of aliphatic hydroxyl groups is 1. The van der Waals surface area contributed by atoms with Gasteiger partial charge in [0, 0.05) is 60.1 Å². The second-order valence-electron chi connectivity index (χ2n) is 17.6. The summed E-state index contributed by atoms with van der Waals surface area (Å²) in [6.45, 7) is 7.24. The highest BCUT2D eigenvalue weighted by atomic mass is 19.1. The van der Waals surface area contributed by atoms with Gasteiger partial charge in [0.25, 0.3) is 5.56 Å². The molecule has 328 valence electrons. The predicted molar refractivity (Wildman–Crippen MR) is 228 cm³/mol. The first-order valence-electron chi connectivity index (χ1n) is 21.6. The number of carbonyl (C=O) groups is 2. The minimum Gasteiger partial charge on any atom is -0.508 e. The van der Waals surface area contributed by atoms with Gasteiger partial charge in [-0.3, -0.25) is 9.69 Å². The number of hydrogen-bond acceptors (Lipinski definition) is 12. The van der Waals surface area contributed by atoms with Crippen LogP contribution in [0.4, 0.5) is 9.18 Å². The van der Waals surface area contributed by atoms with Gasteiger partial charge in [-0.2, -0.15) is 5.10 Å². The molecule has 5 N–H and O–H groups in total. The minimum absolute atomic E-state index is 0.00193. The van der Waals surface area contributed by atoms with E-state index in [1.807, 2.05) is 31.2 Å². The van der Waals surface area contributed by atoms with Crippen LogP contribution in [0.5, 0.6) is 11.5 Å². The van der Waals surface area contributed by atoms with Crippen LogP contribution >= 0.6 is 0 Å². The number of ether oxygens (including phenoxy) is 2. The number of rotatable bonds is 8. The van der Waals surface area contributed by atoms with Gasteiger partial charge in [-0.1, -0.05) is 26.0 Å². The predicted octanol–water partition coefficient (Wildman–Crippen LogP) is 4.89.